The van der Waals surface area contributed by atoms with Crippen LogP contribution in [0.1, 0.15) is 53.4 Å². The van der Waals surface area contributed by atoms with Gasteiger partial charge in [0.2, 0.25) is 0 Å². The Morgan fingerprint density at radius 2 is 2.16 bits per heavy atom. The molecule has 3 unspecified atom stereocenters. The first-order chi connectivity index (χ1) is 8.87. The molecule has 3 nitrogen and oxygen atoms in total. The second-order valence-electron chi connectivity index (χ2n) is 6.33. The zero-order valence-electron chi connectivity index (χ0n) is 13.0. The molecule has 1 aliphatic carbocycles. The average molecular weight is 287 g/mol. The number of rotatable bonds is 6. The molecule has 0 aliphatic heterocycles. The number of ether oxygens (including phenoxy) is 1. The molecule has 1 fully saturated rings. The Hall–Kier alpha value is -0.220. The summed E-state index contributed by atoms with van der Waals surface area (Å²) in [5.74, 6) is 1.46. The van der Waals surface area contributed by atoms with Gasteiger partial charge in [-0.15, -0.1) is 0 Å². The predicted molar refractivity (Wildman–Crippen MR) is 82.6 cm³/mol. The van der Waals surface area contributed by atoms with Gasteiger partial charge >= 0.3 is 5.97 Å². The van der Waals surface area contributed by atoms with Gasteiger partial charge in [0.1, 0.15) is 5.54 Å². The van der Waals surface area contributed by atoms with Crippen LogP contribution in [0.4, 0.5) is 0 Å². The van der Waals surface area contributed by atoms with E-state index in [2.05, 4.69) is 26.1 Å². The first kappa shape index (κ1) is 16.8. The lowest BCUT2D eigenvalue weighted by molar-refractivity contribution is -0.147. The van der Waals surface area contributed by atoms with Crippen molar-refractivity contribution >= 4 is 17.7 Å². The number of thioether (sulfide) groups is 1. The normalized spacial score (nSPS) is 27.1. The lowest BCUT2D eigenvalue weighted by Gasteiger charge is -2.33. The largest absolute Gasteiger partial charge is 0.468 e. The standard InChI is InChI=1S/C15H29NO2S/c1-11(2)16-15(4,14(17)18-5)10-19-13-8-6-7-12(3)9-13/h11-13,16H,6-10H2,1-5H3. The lowest BCUT2D eigenvalue weighted by Crippen LogP contribution is -2.55. The summed E-state index contributed by atoms with van der Waals surface area (Å²) in [6.07, 6.45) is 5.25. The maximum Gasteiger partial charge on any atom is 0.326 e. The van der Waals surface area contributed by atoms with Crippen molar-refractivity contribution in [2.24, 2.45) is 5.92 Å². The molecule has 0 spiro atoms. The average Bonchev–Trinajstić information content (AvgIpc) is 2.34. The molecule has 0 aromatic heterocycles. The van der Waals surface area contributed by atoms with Crippen molar-refractivity contribution in [2.75, 3.05) is 12.9 Å². The highest BCUT2D eigenvalue weighted by molar-refractivity contribution is 8.00. The Bertz CT molecular complexity index is 296. The zero-order valence-corrected chi connectivity index (χ0v) is 13.8. The van der Waals surface area contributed by atoms with E-state index in [1.807, 2.05) is 18.7 Å². The van der Waals surface area contributed by atoms with E-state index < -0.39 is 5.54 Å². The van der Waals surface area contributed by atoms with Gasteiger partial charge in [0.25, 0.3) is 0 Å². The van der Waals surface area contributed by atoms with Crippen molar-refractivity contribution in [3.05, 3.63) is 0 Å². The van der Waals surface area contributed by atoms with Crippen molar-refractivity contribution in [3.63, 3.8) is 0 Å². The minimum absolute atomic E-state index is 0.155. The van der Waals surface area contributed by atoms with Crippen molar-refractivity contribution in [1.29, 1.82) is 0 Å². The number of carbonyl (C=O) groups is 1. The van der Waals surface area contributed by atoms with Crippen LogP contribution in [0.3, 0.4) is 0 Å². The molecule has 19 heavy (non-hydrogen) atoms. The molecule has 0 heterocycles. The summed E-state index contributed by atoms with van der Waals surface area (Å²) in [6.45, 7) is 8.42. The van der Waals surface area contributed by atoms with Crippen LogP contribution in [-0.2, 0) is 9.53 Å². The van der Waals surface area contributed by atoms with Crippen LogP contribution in [0.2, 0.25) is 0 Å². The summed E-state index contributed by atoms with van der Waals surface area (Å²) in [5, 5.41) is 4.06. The van der Waals surface area contributed by atoms with Crippen molar-refractivity contribution in [2.45, 2.75) is 70.2 Å². The maximum absolute atomic E-state index is 12.0. The molecule has 112 valence electrons. The topological polar surface area (TPSA) is 38.3 Å². The van der Waals surface area contributed by atoms with Crippen molar-refractivity contribution in [1.82, 2.24) is 5.32 Å². The van der Waals surface area contributed by atoms with E-state index in [9.17, 15) is 4.79 Å². The van der Waals surface area contributed by atoms with Crippen molar-refractivity contribution in [3.8, 4) is 0 Å². The third-order valence-corrected chi connectivity index (χ3v) is 5.38. The molecular weight excluding hydrogens is 258 g/mol. The molecule has 3 atom stereocenters. The second kappa shape index (κ2) is 7.53. The number of nitrogens with one attached hydrogen (secondary N) is 1. The number of hydrogen-bond acceptors (Lipinski definition) is 4. The summed E-state index contributed by atoms with van der Waals surface area (Å²) in [7, 11) is 1.47. The van der Waals surface area contributed by atoms with Crippen LogP contribution >= 0.6 is 11.8 Å². The minimum Gasteiger partial charge on any atom is -0.468 e. The summed E-state index contributed by atoms with van der Waals surface area (Å²) >= 11 is 1.93. The molecule has 1 rings (SSSR count). The SMILES string of the molecule is COC(=O)C(C)(CSC1CCCC(C)C1)NC(C)C. The van der Waals surface area contributed by atoms with Crippen LogP contribution in [0, 0.1) is 5.92 Å². The Balaban J connectivity index is 2.55. The number of carbonyl (C=O) groups excluding carboxylic acids is 1. The van der Waals surface area contributed by atoms with E-state index in [1.165, 1.54) is 32.8 Å². The van der Waals surface area contributed by atoms with Crippen LogP contribution in [0.25, 0.3) is 0 Å². The van der Waals surface area contributed by atoms with Gasteiger partial charge in [-0.05, 0) is 39.5 Å². The molecule has 1 saturated carbocycles. The van der Waals surface area contributed by atoms with Gasteiger partial charge in [-0.1, -0.05) is 19.8 Å². The van der Waals surface area contributed by atoms with E-state index in [0.717, 1.165) is 11.7 Å². The number of methoxy groups -OCH3 is 1. The highest BCUT2D eigenvalue weighted by atomic mass is 32.2. The van der Waals surface area contributed by atoms with Gasteiger partial charge in [-0.3, -0.25) is 10.1 Å². The third kappa shape index (κ3) is 5.35. The fraction of sp³-hybridized carbons (Fsp3) is 0.933. The molecule has 0 aromatic carbocycles. The lowest BCUT2D eigenvalue weighted by atomic mass is 9.91. The van der Waals surface area contributed by atoms with Crippen LogP contribution in [0.15, 0.2) is 0 Å². The Labute approximate surface area is 122 Å². The first-order valence-corrected chi connectivity index (χ1v) is 8.40. The first-order valence-electron chi connectivity index (χ1n) is 7.35. The Kier molecular flexibility index (Phi) is 6.67. The highest BCUT2D eigenvalue weighted by Crippen LogP contribution is 2.33. The van der Waals surface area contributed by atoms with Crippen LogP contribution in [-0.4, -0.2) is 35.7 Å². The van der Waals surface area contributed by atoms with Gasteiger partial charge < -0.3 is 4.74 Å². The molecule has 0 saturated heterocycles. The highest BCUT2D eigenvalue weighted by Gasteiger charge is 2.36. The predicted octanol–water partition coefficient (Wildman–Crippen LogP) is 3.23. The Morgan fingerprint density at radius 1 is 1.47 bits per heavy atom. The molecule has 0 bridgehead atoms. The smallest absolute Gasteiger partial charge is 0.326 e. The van der Waals surface area contributed by atoms with E-state index in [0.29, 0.717) is 5.25 Å². The summed E-state index contributed by atoms with van der Waals surface area (Å²) in [6, 6.07) is 0.273. The fourth-order valence-corrected chi connectivity index (χ4v) is 4.40. The summed E-state index contributed by atoms with van der Waals surface area (Å²) in [4.78, 5) is 12.0. The molecule has 1 N–H and O–H groups in total. The molecule has 4 heteroatoms. The quantitative estimate of drug-likeness (QED) is 0.761. The van der Waals surface area contributed by atoms with Gasteiger partial charge in [0.15, 0.2) is 0 Å². The minimum atomic E-state index is -0.575. The zero-order chi connectivity index (χ0) is 14.5. The molecular formula is C15H29NO2S. The molecule has 0 aromatic rings. The second-order valence-corrected chi connectivity index (χ2v) is 7.62. The van der Waals surface area contributed by atoms with Crippen LogP contribution in [0.5, 0.6) is 0 Å². The molecule has 0 radical (unpaired) electrons. The summed E-state index contributed by atoms with van der Waals surface area (Å²) < 4.78 is 4.96. The van der Waals surface area contributed by atoms with Gasteiger partial charge in [0.05, 0.1) is 7.11 Å². The van der Waals surface area contributed by atoms with E-state index in [1.54, 1.807) is 0 Å². The summed E-state index contributed by atoms with van der Waals surface area (Å²) in [5.41, 5.74) is -0.575. The monoisotopic (exact) mass is 287 g/mol. The Morgan fingerprint density at radius 3 is 2.68 bits per heavy atom. The molecule has 1 aliphatic rings. The fourth-order valence-electron chi connectivity index (χ4n) is 2.84. The number of esters is 1. The van der Waals surface area contributed by atoms with E-state index in [-0.39, 0.29) is 12.0 Å². The molecule has 0 amide bonds. The maximum atomic E-state index is 12.0. The van der Waals surface area contributed by atoms with Gasteiger partial charge in [-0.25, -0.2) is 0 Å². The van der Waals surface area contributed by atoms with Gasteiger partial charge in [-0.2, -0.15) is 11.8 Å². The number of hydrogen-bond donors (Lipinski definition) is 1. The third-order valence-electron chi connectivity index (χ3n) is 3.74. The van der Waals surface area contributed by atoms with E-state index >= 15 is 0 Å². The van der Waals surface area contributed by atoms with Crippen molar-refractivity contribution < 1.29 is 9.53 Å². The van der Waals surface area contributed by atoms with E-state index in [4.69, 9.17) is 4.74 Å². The van der Waals surface area contributed by atoms with Gasteiger partial charge in [0, 0.05) is 17.0 Å². The van der Waals surface area contributed by atoms with Crippen LogP contribution < -0.4 is 5.32 Å².